The highest BCUT2D eigenvalue weighted by atomic mass is 16.3. The van der Waals surface area contributed by atoms with Crippen LogP contribution in [0.25, 0.3) is 0 Å². The van der Waals surface area contributed by atoms with E-state index in [-0.39, 0.29) is 0 Å². The lowest BCUT2D eigenvalue weighted by atomic mass is 10.1. The molecule has 1 rings (SSSR count). The predicted molar refractivity (Wildman–Crippen MR) is 81.9 cm³/mol. The number of aliphatic hydroxyl groups is 1. The van der Waals surface area contributed by atoms with Gasteiger partial charge in [0.1, 0.15) is 6.10 Å². The molecule has 0 aliphatic rings. The molecule has 0 bridgehead atoms. The molecule has 0 amide bonds. The van der Waals surface area contributed by atoms with Crippen LogP contribution < -0.4 is 0 Å². The van der Waals surface area contributed by atoms with Crippen LogP contribution in [0.2, 0.25) is 0 Å². The van der Waals surface area contributed by atoms with E-state index in [2.05, 4.69) is 18.8 Å². The fourth-order valence-electron chi connectivity index (χ4n) is 2.06. The average molecular weight is 258 g/mol. The Morgan fingerprint density at radius 2 is 1.58 bits per heavy atom. The van der Waals surface area contributed by atoms with Crippen LogP contribution in [-0.4, -0.2) is 11.2 Å². The first-order valence-electron chi connectivity index (χ1n) is 7.57. The van der Waals surface area contributed by atoms with Crippen molar-refractivity contribution in [1.82, 2.24) is 0 Å². The van der Waals surface area contributed by atoms with Crippen LogP contribution in [0.4, 0.5) is 0 Å². The van der Waals surface area contributed by atoms with Gasteiger partial charge in [0.15, 0.2) is 0 Å². The van der Waals surface area contributed by atoms with Crippen molar-refractivity contribution in [3.63, 3.8) is 0 Å². The largest absolute Gasteiger partial charge is 0.380 e. The van der Waals surface area contributed by atoms with E-state index in [1.807, 2.05) is 30.3 Å². The van der Waals surface area contributed by atoms with E-state index in [1.165, 1.54) is 38.5 Å². The van der Waals surface area contributed by atoms with Crippen molar-refractivity contribution in [2.45, 2.75) is 64.4 Å². The average Bonchev–Trinajstić information content (AvgIpc) is 2.45. The monoisotopic (exact) mass is 258 g/mol. The summed E-state index contributed by atoms with van der Waals surface area (Å²) in [6, 6.07) is 9.83. The third-order valence-electron chi connectivity index (χ3n) is 3.24. The van der Waals surface area contributed by atoms with Gasteiger partial charge in [-0.1, -0.05) is 75.5 Å². The van der Waals surface area contributed by atoms with Crippen molar-refractivity contribution in [2.75, 3.05) is 0 Å². The zero-order chi connectivity index (χ0) is 13.8. The number of rotatable bonds is 8. The Hall–Kier alpha value is -1.26. The first-order chi connectivity index (χ1) is 9.33. The second-order valence-electron chi connectivity index (χ2n) is 5.06. The molecule has 0 aliphatic heterocycles. The van der Waals surface area contributed by atoms with E-state index in [4.69, 9.17) is 0 Å². The van der Waals surface area contributed by atoms with Gasteiger partial charge in [-0.3, -0.25) is 0 Å². The maximum atomic E-state index is 9.78. The van der Waals surface area contributed by atoms with Crippen LogP contribution in [0.5, 0.6) is 0 Å². The summed E-state index contributed by atoms with van der Waals surface area (Å²) in [6.45, 7) is 2.24. The SMILES string of the molecule is CCCCCCCCCC(O)C#Cc1ccccc1. The van der Waals surface area contributed by atoms with E-state index in [1.54, 1.807) is 0 Å². The first-order valence-corrected chi connectivity index (χ1v) is 7.57. The van der Waals surface area contributed by atoms with Gasteiger partial charge in [-0.2, -0.15) is 0 Å². The molecule has 104 valence electrons. The topological polar surface area (TPSA) is 20.2 Å². The number of aliphatic hydroxyl groups excluding tert-OH is 1. The summed E-state index contributed by atoms with van der Waals surface area (Å²) in [5, 5.41) is 9.78. The van der Waals surface area contributed by atoms with Crippen LogP contribution in [-0.2, 0) is 0 Å². The van der Waals surface area contributed by atoms with Crippen molar-refractivity contribution in [1.29, 1.82) is 0 Å². The van der Waals surface area contributed by atoms with Crippen LogP contribution in [0, 0.1) is 11.8 Å². The van der Waals surface area contributed by atoms with E-state index in [0.29, 0.717) is 0 Å². The zero-order valence-electron chi connectivity index (χ0n) is 12.1. The lowest BCUT2D eigenvalue weighted by molar-refractivity contribution is 0.217. The van der Waals surface area contributed by atoms with Crippen molar-refractivity contribution in [3.05, 3.63) is 35.9 Å². The fraction of sp³-hybridized carbons (Fsp3) is 0.556. The molecule has 1 heteroatoms. The molecule has 19 heavy (non-hydrogen) atoms. The molecular weight excluding hydrogens is 232 g/mol. The van der Waals surface area contributed by atoms with Crippen molar-refractivity contribution >= 4 is 0 Å². The maximum absolute atomic E-state index is 9.78. The highest BCUT2D eigenvalue weighted by molar-refractivity contribution is 5.34. The second-order valence-corrected chi connectivity index (χ2v) is 5.06. The first kappa shape index (κ1) is 15.8. The molecule has 1 atom stereocenters. The van der Waals surface area contributed by atoms with Crippen LogP contribution in [0.3, 0.4) is 0 Å². The summed E-state index contributed by atoms with van der Waals surface area (Å²) in [7, 11) is 0. The standard InChI is InChI=1S/C18H26O/c1-2-3-4-5-6-7-11-14-18(19)16-15-17-12-9-8-10-13-17/h8-10,12-13,18-19H,2-7,11,14H2,1H3. The zero-order valence-corrected chi connectivity index (χ0v) is 12.1. The summed E-state index contributed by atoms with van der Waals surface area (Å²) < 4.78 is 0. The summed E-state index contributed by atoms with van der Waals surface area (Å²) in [6.07, 6.45) is 9.25. The van der Waals surface area contributed by atoms with Gasteiger partial charge in [-0.15, -0.1) is 0 Å². The Kier molecular flexibility index (Phi) is 8.85. The summed E-state index contributed by atoms with van der Waals surface area (Å²) in [5.74, 6) is 5.93. The van der Waals surface area contributed by atoms with Gasteiger partial charge >= 0.3 is 0 Å². The van der Waals surface area contributed by atoms with Crippen molar-refractivity contribution < 1.29 is 5.11 Å². The molecule has 1 aromatic carbocycles. The fourth-order valence-corrected chi connectivity index (χ4v) is 2.06. The van der Waals surface area contributed by atoms with Gasteiger partial charge < -0.3 is 5.11 Å². The number of hydrogen-bond donors (Lipinski definition) is 1. The van der Waals surface area contributed by atoms with Crippen molar-refractivity contribution in [2.24, 2.45) is 0 Å². The Bertz CT molecular complexity index is 372. The Labute approximate surface area is 118 Å². The molecule has 0 radical (unpaired) electrons. The number of unbranched alkanes of at least 4 members (excludes halogenated alkanes) is 6. The number of hydrogen-bond acceptors (Lipinski definition) is 1. The highest BCUT2D eigenvalue weighted by Gasteiger charge is 1.98. The van der Waals surface area contributed by atoms with E-state index >= 15 is 0 Å². The Balaban J connectivity index is 2.08. The van der Waals surface area contributed by atoms with Crippen LogP contribution in [0.1, 0.15) is 63.9 Å². The number of benzene rings is 1. The molecule has 0 fully saturated rings. The minimum Gasteiger partial charge on any atom is -0.380 e. The maximum Gasteiger partial charge on any atom is 0.115 e. The molecular formula is C18H26O. The quantitative estimate of drug-likeness (QED) is 0.536. The molecule has 0 heterocycles. The summed E-state index contributed by atoms with van der Waals surface area (Å²) >= 11 is 0. The van der Waals surface area contributed by atoms with Gasteiger partial charge in [0.2, 0.25) is 0 Å². The minimum atomic E-state index is -0.476. The third kappa shape index (κ3) is 8.46. The molecule has 0 spiro atoms. The van der Waals surface area contributed by atoms with Crippen LogP contribution >= 0.6 is 0 Å². The normalized spacial score (nSPS) is 11.7. The molecule has 0 saturated heterocycles. The lowest BCUT2D eigenvalue weighted by Crippen LogP contribution is -2.02. The lowest BCUT2D eigenvalue weighted by Gasteiger charge is -2.03. The predicted octanol–water partition coefficient (Wildman–Crippen LogP) is 4.54. The smallest absolute Gasteiger partial charge is 0.115 e. The molecule has 1 aromatic rings. The molecule has 0 saturated carbocycles. The van der Waals surface area contributed by atoms with Gasteiger partial charge in [0, 0.05) is 5.56 Å². The highest BCUT2D eigenvalue weighted by Crippen LogP contribution is 2.09. The van der Waals surface area contributed by atoms with Gasteiger partial charge in [-0.25, -0.2) is 0 Å². The van der Waals surface area contributed by atoms with E-state index in [9.17, 15) is 5.11 Å². The van der Waals surface area contributed by atoms with Gasteiger partial charge in [0.05, 0.1) is 0 Å². The Morgan fingerprint density at radius 3 is 2.26 bits per heavy atom. The molecule has 1 nitrogen and oxygen atoms in total. The van der Waals surface area contributed by atoms with E-state index < -0.39 is 6.10 Å². The second kappa shape index (κ2) is 10.6. The third-order valence-corrected chi connectivity index (χ3v) is 3.24. The van der Waals surface area contributed by atoms with Crippen LogP contribution in [0.15, 0.2) is 30.3 Å². The Morgan fingerprint density at radius 1 is 0.947 bits per heavy atom. The molecule has 0 aliphatic carbocycles. The van der Waals surface area contributed by atoms with Gasteiger partial charge in [0.25, 0.3) is 0 Å². The molecule has 0 aromatic heterocycles. The molecule has 1 N–H and O–H groups in total. The minimum absolute atomic E-state index is 0.476. The molecule has 1 unspecified atom stereocenters. The summed E-state index contributed by atoms with van der Waals surface area (Å²) in [5.41, 5.74) is 0.973. The van der Waals surface area contributed by atoms with Crippen molar-refractivity contribution in [3.8, 4) is 11.8 Å². The van der Waals surface area contributed by atoms with Gasteiger partial charge in [-0.05, 0) is 25.0 Å². The van der Waals surface area contributed by atoms with E-state index in [0.717, 1.165) is 18.4 Å². The summed E-state index contributed by atoms with van der Waals surface area (Å²) in [4.78, 5) is 0.